The molecular weight excluding hydrogens is 398 g/mol. The van der Waals surface area contributed by atoms with E-state index in [0.717, 1.165) is 66.8 Å². The smallest absolute Gasteiger partial charge is 0.226 e. The van der Waals surface area contributed by atoms with Gasteiger partial charge in [0.05, 0.1) is 16.1 Å². The average Bonchev–Trinajstić information content (AvgIpc) is 3.12. The number of aliphatic imine (C=N–C) groups is 1. The SMILES string of the molecule is CN=CC(=CN)c1ccc(-c2cncc(Cl)c2N2CCC3(CCNC3=O)CC2)cc1. The second-order valence-electron chi connectivity index (χ2n) is 7.88. The molecule has 3 heterocycles. The summed E-state index contributed by atoms with van der Waals surface area (Å²) in [5, 5.41) is 3.62. The minimum atomic E-state index is -0.205. The number of aromatic nitrogens is 1. The molecule has 0 bridgehead atoms. The molecule has 1 amide bonds. The van der Waals surface area contributed by atoms with Crippen molar-refractivity contribution in [1.29, 1.82) is 0 Å². The van der Waals surface area contributed by atoms with Crippen LogP contribution in [0.25, 0.3) is 16.7 Å². The molecule has 4 rings (SSSR count). The maximum atomic E-state index is 12.3. The van der Waals surface area contributed by atoms with Crippen molar-refractivity contribution in [3.8, 4) is 11.1 Å². The normalized spacial score (nSPS) is 18.9. The van der Waals surface area contributed by atoms with Gasteiger partial charge in [0.25, 0.3) is 0 Å². The number of carbonyl (C=O) groups is 1. The number of benzene rings is 1. The first-order chi connectivity index (χ1) is 14.6. The zero-order valence-electron chi connectivity index (χ0n) is 17.1. The third-order valence-corrected chi connectivity index (χ3v) is 6.53. The quantitative estimate of drug-likeness (QED) is 0.737. The van der Waals surface area contributed by atoms with Crippen LogP contribution in [0.2, 0.25) is 5.02 Å². The fourth-order valence-electron chi connectivity index (χ4n) is 4.51. The molecule has 2 saturated heterocycles. The highest BCUT2D eigenvalue weighted by atomic mass is 35.5. The van der Waals surface area contributed by atoms with Crippen LogP contribution in [0.4, 0.5) is 5.69 Å². The van der Waals surface area contributed by atoms with Gasteiger partial charge >= 0.3 is 0 Å². The van der Waals surface area contributed by atoms with E-state index in [-0.39, 0.29) is 11.3 Å². The van der Waals surface area contributed by atoms with E-state index in [9.17, 15) is 4.79 Å². The second-order valence-corrected chi connectivity index (χ2v) is 8.28. The van der Waals surface area contributed by atoms with Gasteiger partial charge in [-0.15, -0.1) is 0 Å². The summed E-state index contributed by atoms with van der Waals surface area (Å²) in [5.74, 6) is 0.207. The molecule has 0 aliphatic carbocycles. The van der Waals surface area contributed by atoms with Crippen molar-refractivity contribution in [2.45, 2.75) is 19.3 Å². The fraction of sp³-hybridized carbons (Fsp3) is 0.348. The topological polar surface area (TPSA) is 83.6 Å². The number of carbonyl (C=O) groups excluding carboxylic acids is 1. The van der Waals surface area contributed by atoms with Gasteiger partial charge in [-0.1, -0.05) is 35.9 Å². The van der Waals surface area contributed by atoms with Crippen molar-refractivity contribution in [3.63, 3.8) is 0 Å². The molecule has 1 aromatic carbocycles. The number of nitrogens with zero attached hydrogens (tertiary/aromatic N) is 3. The Kier molecular flexibility index (Phi) is 5.77. The maximum absolute atomic E-state index is 12.3. The summed E-state index contributed by atoms with van der Waals surface area (Å²) < 4.78 is 0. The van der Waals surface area contributed by atoms with E-state index in [0.29, 0.717) is 5.02 Å². The number of hydrogen-bond donors (Lipinski definition) is 2. The number of amides is 1. The first-order valence-corrected chi connectivity index (χ1v) is 10.6. The molecule has 0 radical (unpaired) electrons. The van der Waals surface area contributed by atoms with Gasteiger partial charge in [0, 0.05) is 62.6 Å². The average molecular weight is 424 g/mol. The number of halogens is 1. The molecule has 6 nitrogen and oxygen atoms in total. The van der Waals surface area contributed by atoms with Gasteiger partial charge in [-0.25, -0.2) is 0 Å². The first-order valence-electron chi connectivity index (χ1n) is 10.2. The third-order valence-electron chi connectivity index (χ3n) is 6.26. The minimum Gasteiger partial charge on any atom is -0.404 e. The highest BCUT2D eigenvalue weighted by molar-refractivity contribution is 6.33. The predicted octanol–water partition coefficient (Wildman–Crippen LogP) is 3.51. The predicted molar refractivity (Wildman–Crippen MR) is 123 cm³/mol. The molecule has 1 aromatic heterocycles. The van der Waals surface area contributed by atoms with Gasteiger partial charge in [0.15, 0.2) is 0 Å². The number of anilines is 1. The third kappa shape index (κ3) is 3.67. The maximum Gasteiger partial charge on any atom is 0.226 e. The van der Waals surface area contributed by atoms with Gasteiger partial charge in [-0.3, -0.25) is 14.8 Å². The molecule has 1 spiro atoms. The lowest BCUT2D eigenvalue weighted by Gasteiger charge is -2.39. The van der Waals surface area contributed by atoms with Crippen LogP contribution in [0.1, 0.15) is 24.8 Å². The summed E-state index contributed by atoms with van der Waals surface area (Å²) in [6, 6.07) is 8.15. The Morgan fingerprint density at radius 2 is 1.97 bits per heavy atom. The Hall–Kier alpha value is -2.86. The van der Waals surface area contributed by atoms with Crippen molar-refractivity contribution in [2.75, 3.05) is 31.6 Å². The van der Waals surface area contributed by atoms with Gasteiger partial charge in [0.2, 0.25) is 5.91 Å². The van der Waals surface area contributed by atoms with E-state index >= 15 is 0 Å². The van der Waals surface area contributed by atoms with Crippen LogP contribution in [0, 0.1) is 5.41 Å². The van der Waals surface area contributed by atoms with Crippen molar-refractivity contribution >= 4 is 35.0 Å². The highest BCUT2D eigenvalue weighted by Crippen LogP contribution is 2.43. The van der Waals surface area contributed by atoms with Crippen LogP contribution in [-0.4, -0.2) is 43.8 Å². The van der Waals surface area contributed by atoms with Gasteiger partial charge in [-0.05, 0) is 30.4 Å². The Labute approximate surface area is 181 Å². The molecule has 156 valence electrons. The summed E-state index contributed by atoms with van der Waals surface area (Å²) in [6.07, 6.45) is 9.45. The summed E-state index contributed by atoms with van der Waals surface area (Å²) >= 11 is 6.61. The van der Waals surface area contributed by atoms with Crippen LogP contribution in [-0.2, 0) is 4.79 Å². The van der Waals surface area contributed by atoms with E-state index in [1.165, 1.54) is 0 Å². The van der Waals surface area contributed by atoms with Gasteiger partial charge in [-0.2, -0.15) is 0 Å². The minimum absolute atomic E-state index is 0.205. The number of nitrogens with two attached hydrogens (primary N) is 1. The Morgan fingerprint density at radius 1 is 1.23 bits per heavy atom. The standard InChI is InChI=1S/C23H26ClN5O/c1-26-13-18(12-25)16-2-4-17(5-3-16)19-14-27-15-20(24)21(19)29-10-7-23(8-11-29)6-9-28-22(23)30/h2-5,12-15H,6-11,25H2,1H3,(H,28,30). The zero-order chi connectivity index (χ0) is 21.1. The van der Waals surface area contributed by atoms with E-state index < -0.39 is 0 Å². The molecular formula is C23H26ClN5O. The van der Waals surface area contributed by atoms with Crippen LogP contribution < -0.4 is 16.0 Å². The number of pyridine rings is 1. The van der Waals surface area contributed by atoms with Crippen molar-refractivity contribution in [3.05, 3.63) is 53.4 Å². The lowest BCUT2D eigenvalue weighted by atomic mass is 9.77. The van der Waals surface area contributed by atoms with Gasteiger partial charge < -0.3 is 16.0 Å². The molecule has 0 saturated carbocycles. The molecule has 30 heavy (non-hydrogen) atoms. The largest absolute Gasteiger partial charge is 0.404 e. The van der Waals surface area contributed by atoms with E-state index in [4.69, 9.17) is 17.3 Å². The zero-order valence-corrected chi connectivity index (χ0v) is 17.8. The number of rotatable bonds is 4. The number of piperidine rings is 1. The molecule has 2 aliphatic heterocycles. The molecule has 0 unspecified atom stereocenters. The number of allylic oxidation sites excluding steroid dienone is 1. The number of nitrogens with one attached hydrogen (secondary N) is 1. The van der Waals surface area contributed by atoms with Crippen molar-refractivity contribution in [1.82, 2.24) is 10.3 Å². The second kappa shape index (κ2) is 8.48. The first kappa shape index (κ1) is 20.4. The lowest BCUT2D eigenvalue weighted by Crippen LogP contribution is -2.44. The Balaban J connectivity index is 1.62. The van der Waals surface area contributed by atoms with Crippen molar-refractivity contribution in [2.24, 2.45) is 16.1 Å². The molecule has 2 aliphatic rings. The van der Waals surface area contributed by atoms with Crippen LogP contribution >= 0.6 is 11.6 Å². The summed E-state index contributed by atoms with van der Waals surface area (Å²) in [6.45, 7) is 2.39. The van der Waals surface area contributed by atoms with Crippen molar-refractivity contribution < 1.29 is 4.79 Å². The monoisotopic (exact) mass is 423 g/mol. The van der Waals surface area contributed by atoms with Gasteiger partial charge in [0.1, 0.15) is 0 Å². The number of hydrogen-bond acceptors (Lipinski definition) is 5. The summed E-state index contributed by atoms with van der Waals surface area (Å²) in [4.78, 5) is 23.0. The van der Waals surface area contributed by atoms with E-state index in [2.05, 4.69) is 32.3 Å². The lowest BCUT2D eigenvalue weighted by molar-refractivity contribution is -0.128. The Bertz CT molecular complexity index is 991. The Morgan fingerprint density at radius 3 is 2.57 bits per heavy atom. The molecule has 2 aromatic rings. The van der Waals surface area contributed by atoms with E-state index in [1.54, 1.807) is 25.7 Å². The van der Waals surface area contributed by atoms with Crippen LogP contribution in [0.5, 0.6) is 0 Å². The molecule has 7 heteroatoms. The van der Waals surface area contributed by atoms with E-state index in [1.807, 2.05) is 18.3 Å². The summed E-state index contributed by atoms with van der Waals surface area (Å²) in [5.41, 5.74) is 10.4. The van der Waals surface area contributed by atoms with Crippen LogP contribution in [0.3, 0.4) is 0 Å². The summed E-state index contributed by atoms with van der Waals surface area (Å²) in [7, 11) is 1.72. The molecule has 2 fully saturated rings. The highest BCUT2D eigenvalue weighted by Gasteiger charge is 2.44. The molecule has 3 N–H and O–H groups in total. The van der Waals surface area contributed by atoms with Crippen LogP contribution in [0.15, 0.2) is 47.9 Å². The molecule has 0 atom stereocenters. The fourth-order valence-corrected chi connectivity index (χ4v) is 4.79.